The summed E-state index contributed by atoms with van der Waals surface area (Å²) in [6, 6.07) is 5.20. The number of likely N-dealkylation sites (N-methyl/N-ethyl adjacent to an activating group) is 1. The Morgan fingerprint density at radius 1 is 1.20 bits per heavy atom. The number of aliphatic carboxylic acids is 1. The van der Waals surface area contributed by atoms with Crippen LogP contribution in [0.5, 0.6) is 11.5 Å². The van der Waals surface area contributed by atoms with Gasteiger partial charge in [0.15, 0.2) is 0 Å². The van der Waals surface area contributed by atoms with Gasteiger partial charge in [0.05, 0.1) is 14.2 Å². The molecule has 1 amide bonds. The molecule has 0 radical (unpaired) electrons. The van der Waals surface area contributed by atoms with Crippen molar-refractivity contribution < 1.29 is 24.2 Å². The van der Waals surface area contributed by atoms with Crippen LogP contribution in [0, 0.1) is 0 Å². The highest BCUT2D eigenvalue weighted by molar-refractivity contribution is 5.93. The van der Waals surface area contributed by atoms with Crippen molar-refractivity contribution in [1.29, 1.82) is 0 Å². The molecule has 0 bridgehead atoms. The van der Waals surface area contributed by atoms with E-state index in [2.05, 4.69) is 0 Å². The van der Waals surface area contributed by atoms with Crippen LogP contribution in [-0.2, 0) is 9.59 Å². The minimum atomic E-state index is -1.06. The second-order valence-corrected chi connectivity index (χ2v) is 4.07. The van der Waals surface area contributed by atoms with Crippen molar-refractivity contribution in [3.63, 3.8) is 0 Å². The van der Waals surface area contributed by atoms with E-state index in [-0.39, 0.29) is 6.54 Å². The minimum Gasteiger partial charge on any atom is -0.497 e. The number of carboxylic acid groups (broad SMARTS) is 1. The van der Waals surface area contributed by atoms with Gasteiger partial charge in [0.1, 0.15) is 18.0 Å². The third kappa shape index (κ3) is 4.64. The summed E-state index contributed by atoms with van der Waals surface area (Å²) in [5, 5.41) is 8.60. The Balaban J connectivity index is 2.83. The molecule has 0 unspecified atom stereocenters. The van der Waals surface area contributed by atoms with E-state index in [4.69, 9.17) is 14.6 Å². The normalized spacial score (nSPS) is 10.3. The molecule has 0 saturated heterocycles. The predicted molar refractivity (Wildman–Crippen MR) is 73.9 cm³/mol. The third-order valence-corrected chi connectivity index (χ3v) is 2.54. The zero-order valence-corrected chi connectivity index (χ0v) is 11.6. The van der Waals surface area contributed by atoms with Crippen LogP contribution in [0.15, 0.2) is 24.3 Å². The van der Waals surface area contributed by atoms with Crippen molar-refractivity contribution in [2.45, 2.75) is 0 Å². The van der Waals surface area contributed by atoms with Crippen LogP contribution >= 0.6 is 0 Å². The van der Waals surface area contributed by atoms with Gasteiger partial charge < -0.3 is 19.5 Å². The third-order valence-electron chi connectivity index (χ3n) is 2.54. The average Bonchev–Trinajstić information content (AvgIpc) is 2.43. The number of hydrogen-bond acceptors (Lipinski definition) is 4. The summed E-state index contributed by atoms with van der Waals surface area (Å²) in [7, 11) is 4.50. The van der Waals surface area contributed by atoms with Crippen LogP contribution in [0.1, 0.15) is 5.56 Å². The molecule has 0 aromatic heterocycles. The first-order chi connectivity index (χ1) is 9.46. The molecular weight excluding hydrogens is 262 g/mol. The number of methoxy groups -OCH3 is 2. The van der Waals surface area contributed by atoms with Gasteiger partial charge in [0.25, 0.3) is 0 Å². The molecule has 0 heterocycles. The lowest BCUT2D eigenvalue weighted by Crippen LogP contribution is -2.30. The van der Waals surface area contributed by atoms with Gasteiger partial charge in [-0.25, -0.2) is 0 Å². The standard InChI is InChI=1S/C14H17NO5/c1-15(9-14(17)18)13(16)5-4-10-6-11(19-2)8-12(7-10)20-3/h4-8H,9H2,1-3H3,(H,17,18)/b5-4+. The molecule has 108 valence electrons. The molecule has 1 rings (SSSR count). The fourth-order valence-electron chi connectivity index (χ4n) is 1.50. The second-order valence-electron chi connectivity index (χ2n) is 4.07. The summed E-state index contributed by atoms with van der Waals surface area (Å²) in [5.74, 6) is -0.239. The summed E-state index contributed by atoms with van der Waals surface area (Å²) in [6.45, 7) is -0.343. The largest absolute Gasteiger partial charge is 0.497 e. The molecule has 0 aliphatic heterocycles. The highest BCUT2D eigenvalue weighted by Crippen LogP contribution is 2.23. The first kappa shape index (κ1) is 15.6. The van der Waals surface area contributed by atoms with E-state index < -0.39 is 11.9 Å². The maximum Gasteiger partial charge on any atom is 0.323 e. The maximum atomic E-state index is 11.7. The van der Waals surface area contributed by atoms with Gasteiger partial charge in [0, 0.05) is 19.2 Å². The number of carboxylic acids is 1. The molecule has 20 heavy (non-hydrogen) atoms. The SMILES string of the molecule is COc1cc(/C=C/C(=O)N(C)CC(=O)O)cc(OC)c1. The van der Waals surface area contributed by atoms with Crippen LogP contribution in [0.25, 0.3) is 6.08 Å². The number of benzene rings is 1. The second kappa shape index (κ2) is 7.18. The average molecular weight is 279 g/mol. The first-order valence-corrected chi connectivity index (χ1v) is 5.84. The molecule has 0 aliphatic rings. The zero-order valence-electron chi connectivity index (χ0n) is 11.6. The van der Waals surface area contributed by atoms with Crippen LogP contribution in [-0.4, -0.2) is 49.7 Å². The van der Waals surface area contributed by atoms with E-state index in [1.54, 1.807) is 24.3 Å². The monoisotopic (exact) mass is 279 g/mol. The van der Waals surface area contributed by atoms with E-state index in [0.717, 1.165) is 10.5 Å². The number of carbonyl (C=O) groups is 2. The Labute approximate surface area is 117 Å². The van der Waals surface area contributed by atoms with E-state index >= 15 is 0 Å². The van der Waals surface area contributed by atoms with Crippen LogP contribution in [0.4, 0.5) is 0 Å². The van der Waals surface area contributed by atoms with Gasteiger partial charge in [0.2, 0.25) is 5.91 Å². The van der Waals surface area contributed by atoms with Gasteiger partial charge in [-0.1, -0.05) is 0 Å². The molecule has 6 heteroatoms. The lowest BCUT2D eigenvalue weighted by molar-refractivity contribution is -0.141. The maximum absolute atomic E-state index is 11.7. The smallest absolute Gasteiger partial charge is 0.323 e. The van der Waals surface area contributed by atoms with Crippen LogP contribution in [0.2, 0.25) is 0 Å². The van der Waals surface area contributed by atoms with Gasteiger partial charge in [-0.2, -0.15) is 0 Å². The molecule has 0 atom stereocenters. The first-order valence-electron chi connectivity index (χ1n) is 5.84. The van der Waals surface area contributed by atoms with E-state index in [1.807, 2.05) is 0 Å². The molecule has 1 N–H and O–H groups in total. The molecule has 0 fully saturated rings. The van der Waals surface area contributed by atoms with Gasteiger partial charge in [-0.05, 0) is 23.8 Å². The Hall–Kier alpha value is -2.50. The Morgan fingerprint density at radius 2 is 1.75 bits per heavy atom. The molecule has 0 saturated carbocycles. The fourth-order valence-corrected chi connectivity index (χ4v) is 1.50. The lowest BCUT2D eigenvalue weighted by Gasteiger charge is -2.11. The quantitative estimate of drug-likeness (QED) is 0.793. The Bertz CT molecular complexity index is 502. The van der Waals surface area contributed by atoms with Gasteiger partial charge in [-0.3, -0.25) is 9.59 Å². The molecule has 0 aliphatic carbocycles. The number of carbonyl (C=O) groups excluding carboxylic acids is 1. The van der Waals surface area contributed by atoms with Crippen molar-refractivity contribution in [2.24, 2.45) is 0 Å². The summed E-state index contributed by atoms with van der Waals surface area (Å²) >= 11 is 0. The molecule has 6 nitrogen and oxygen atoms in total. The van der Waals surface area contributed by atoms with E-state index in [9.17, 15) is 9.59 Å². The topological polar surface area (TPSA) is 76.1 Å². The highest BCUT2D eigenvalue weighted by Gasteiger charge is 2.08. The summed E-state index contributed by atoms with van der Waals surface area (Å²) in [4.78, 5) is 23.3. The van der Waals surface area contributed by atoms with E-state index in [1.165, 1.54) is 27.3 Å². The number of nitrogens with zero attached hydrogens (tertiary/aromatic N) is 1. The van der Waals surface area contributed by atoms with Gasteiger partial charge in [-0.15, -0.1) is 0 Å². The summed E-state index contributed by atoms with van der Waals surface area (Å²) < 4.78 is 10.2. The van der Waals surface area contributed by atoms with E-state index in [0.29, 0.717) is 11.5 Å². The van der Waals surface area contributed by atoms with Crippen molar-refractivity contribution >= 4 is 18.0 Å². The number of ether oxygens (including phenoxy) is 2. The Kier molecular flexibility index (Phi) is 5.58. The summed E-state index contributed by atoms with van der Waals surface area (Å²) in [5.41, 5.74) is 0.721. The predicted octanol–water partition coefficient (Wildman–Crippen LogP) is 1.26. The minimum absolute atomic E-state index is 0.343. The molecule has 0 spiro atoms. The Morgan fingerprint density at radius 3 is 2.20 bits per heavy atom. The number of rotatable bonds is 6. The van der Waals surface area contributed by atoms with Gasteiger partial charge >= 0.3 is 5.97 Å². The van der Waals surface area contributed by atoms with Crippen LogP contribution in [0.3, 0.4) is 0 Å². The van der Waals surface area contributed by atoms with Crippen molar-refractivity contribution in [3.05, 3.63) is 29.8 Å². The molecule has 1 aromatic rings. The molecular formula is C14H17NO5. The highest BCUT2D eigenvalue weighted by atomic mass is 16.5. The zero-order chi connectivity index (χ0) is 15.1. The number of amides is 1. The van der Waals surface area contributed by atoms with Crippen molar-refractivity contribution in [3.8, 4) is 11.5 Å². The van der Waals surface area contributed by atoms with Crippen molar-refractivity contribution in [1.82, 2.24) is 4.90 Å². The van der Waals surface area contributed by atoms with Crippen LogP contribution < -0.4 is 9.47 Å². The number of hydrogen-bond donors (Lipinski definition) is 1. The molecule has 1 aromatic carbocycles. The summed E-state index contributed by atoms with van der Waals surface area (Å²) in [6.07, 6.45) is 2.88. The van der Waals surface area contributed by atoms with Crippen molar-refractivity contribution in [2.75, 3.05) is 27.8 Å². The lowest BCUT2D eigenvalue weighted by atomic mass is 10.2. The fraction of sp³-hybridized carbons (Fsp3) is 0.286.